The summed E-state index contributed by atoms with van der Waals surface area (Å²) in [7, 11) is 0. The summed E-state index contributed by atoms with van der Waals surface area (Å²) in [6.45, 7) is 2.57. The Labute approximate surface area is 77.2 Å². The van der Waals surface area contributed by atoms with E-state index in [1.54, 1.807) is 6.07 Å². The zero-order valence-electron chi connectivity index (χ0n) is 7.63. The van der Waals surface area contributed by atoms with Gasteiger partial charge >= 0.3 is 0 Å². The summed E-state index contributed by atoms with van der Waals surface area (Å²) in [5.74, 6) is -0.634. The van der Waals surface area contributed by atoms with Crippen molar-refractivity contribution in [3.63, 3.8) is 0 Å². The maximum Gasteiger partial charge on any atom is 0.165 e. The number of phenols is 1. The van der Waals surface area contributed by atoms with Crippen LogP contribution in [-0.4, -0.2) is 11.7 Å². The van der Waals surface area contributed by atoms with Gasteiger partial charge in [-0.05, 0) is 36.6 Å². The lowest BCUT2D eigenvalue weighted by Crippen LogP contribution is -2.04. The Hall–Kier alpha value is -1.09. The van der Waals surface area contributed by atoms with Gasteiger partial charge in [0, 0.05) is 0 Å². The predicted molar refractivity (Wildman–Crippen MR) is 50.2 cm³/mol. The van der Waals surface area contributed by atoms with E-state index in [0.717, 1.165) is 12.0 Å². The molecule has 13 heavy (non-hydrogen) atoms. The van der Waals surface area contributed by atoms with Crippen LogP contribution in [0, 0.1) is 5.82 Å². The van der Waals surface area contributed by atoms with Crippen LogP contribution in [0.15, 0.2) is 18.2 Å². The first-order chi connectivity index (χ1) is 6.15. The van der Waals surface area contributed by atoms with Crippen LogP contribution in [0.2, 0.25) is 0 Å². The Bertz CT molecular complexity index is 288. The van der Waals surface area contributed by atoms with Crippen molar-refractivity contribution < 1.29 is 9.50 Å². The van der Waals surface area contributed by atoms with E-state index in [-0.39, 0.29) is 11.7 Å². The van der Waals surface area contributed by atoms with Gasteiger partial charge in [0.05, 0.1) is 0 Å². The summed E-state index contributed by atoms with van der Waals surface area (Å²) in [5, 5.41) is 8.96. The van der Waals surface area contributed by atoms with E-state index < -0.39 is 5.82 Å². The van der Waals surface area contributed by atoms with Crippen LogP contribution in [0.4, 0.5) is 4.39 Å². The second-order valence-corrected chi connectivity index (χ2v) is 3.19. The van der Waals surface area contributed by atoms with E-state index in [9.17, 15) is 4.39 Å². The molecule has 2 nitrogen and oxygen atoms in total. The van der Waals surface area contributed by atoms with Gasteiger partial charge in [-0.1, -0.05) is 13.0 Å². The average Bonchev–Trinajstić information content (AvgIpc) is 2.10. The summed E-state index contributed by atoms with van der Waals surface area (Å²) >= 11 is 0. The number of hydrogen-bond donors (Lipinski definition) is 2. The Morgan fingerprint density at radius 3 is 2.77 bits per heavy atom. The van der Waals surface area contributed by atoms with Crippen molar-refractivity contribution in [1.29, 1.82) is 0 Å². The van der Waals surface area contributed by atoms with Crippen LogP contribution in [0.3, 0.4) is 0 Å². The van der Waals surface area contributed by atoms with Gasteiger partial charge in [-0.2, -0.15) is 0 Å². The molecule has 0 spiro atoms. The van der Waals surface area contributed by atoms with E-state index >= 15 is 0 Å². The summed E-state index contributed by atoms with van der Waals surface area (Å²) in [4.78, 5) is 0. The molecular weight excluding hydrogens is 169 g/mol. The molecule has 1 rings (SSSR count). The fraction of sp³-hybridized carbons (Fsp3) is 0.400. The number of benzene rings is 1. The number of hydrogen-bond acceptors (Lipinski definition) is 2. The smallest absolute Gasteiger partial charge is 0.165 e. The zero-order valence-corrected chi connectivity index (χ0v) is 7.63. The van der Waals surface area contributed by atoms with Crippen molar-refractivity contribution in [1.82, 2.24) is 0 Å². The third kappa shape index (κ3) is 2.42. The molecule has 1 unspecified atom stereocenters. The monoisotopic (exact) mass is 183 g/mol. The molecule has 0 heterocycles. The molecule has 0 aliphatic carbocycles. The van der Waals surface area contributed by atoms with Crippen LogP contribution in [0.5, 0.6) is 5.75 Å². The normalized spacial score (nSPS) is 12.8. The molecule has 0 aromatic heterocycles. The molecule has 0 saturated heterocycles. The average molecular weight is 183 g/mol. The molecule has 3 N–H and O–H groups in total. The van der Waals surface area contributed by atoms with Gasteiger partial charge in [-0.15, -0.1) is 0 Å². The summed E-state index contributed by atoms with van der Waals surface area (Å²) in [5.41, 5.74) is 6.27. The second-order valence-electron chi connectivity index (χ2n) is 3.19. The Balaban J connectivity index is 2.84. The molecule has 0 amide bonds. The molecule has 0 bridgehead atoms. The molecule has 1 atom stereocenters. The maximum atomic E-state index is 12.9. The Morgan fingerprint density at radius 2 is 2.23 bits per heavy atom. The molecule has 0 aliphatic heterocycles. The second kappa shape index (κ2) is 4.23. The fourth-order valence-electron chi connectivity index (χ4n) is 1.25. The Morgan fingerprint density at radius 1 is 1.54 bits per heavy atom. The van der Waals surface area contributed by atoms with Crippen LogP contribution in [0.25, 0.3) is 0 Å². The molecule has 3 heteroatoms. The minimum Gasteiger partial charge on any atom is -0.505 e. The zero-order chi connectivity index (χ0) is 9.84. The third-order valence-corrected chi connectivity index (χ3v) is 2.14. The van der Waals surface area contributed by atoms with Crippen molar-refractivity contribution in [3.8, 4) is 5.75 Å². The van der Waals surface area contributed by atoms with Gasteiger partial charge in [0.1, 0.15) is 0 Å². The van der Waals surface area contributed by atoms with Gasteiger partial charge in [-0.3, -0.25) is 0 Å². The highest BCUT2D eigenvalue weighted by Crippen LogP contribution is 2.23. The molecule has 0 saturated carbocycles. The van der Waals surface area contributed by atoms with Gasteiger partial charge in [0.15, 0.2) is 11.6 Å². The Kier molecular flexibility index (Phi) is 3.25. The number of phenolic OH excluding ortho intramolecular Hbond substituents is 1. The molecular formula is C10H14FNO. The fourth-order valence-corrected chi connectivity index (χ4v) is 1.25. The highest BCUT2D eigenvalue weighted by molar-refractivity contribution is 5.29. The number of halogens is 1. The molecule has 1 aromatic carbocycles. The SMILES string of the molecule is CC(CCN)c1ccc(O)c(F)c1. The third-order valence-electron chi connectivity index (χ3n) is 2.14. The number of aromatic hydroxyl groups is 1. The lowest BCUT2D eigenvalue weighted by atomic mass is 9.98. The summed E-state index contributed by atoms with van der Waals surface area (Å²) in [6.07, 6.45) is 0.824. The van der Waals surface area contributed by atoms with Crippen LogP contribution in [-0.2, 0) is 0 Å². The summed E-state index contributed by atoms with van der Waals surface area (Å²) in [6, 6.07) is 4.45. The first-order valence-electron chi connectivity index (χ1n) is 4.33. The molecule has 0 radical (unpaired) electrons. The lowest BCUT2D eigenvalue weighted by Gasteiger charge is -2.10. The van der Waals surface area contributed by atoms with Crippen LogP contribution < -0.4 is 5.73 Å². The first-order valence-corrected chi connectivity index (χ1v) is 4.33. The molecule has 0 fully saturated rings. The van der Waals surface area contributed by atoms with Gasteiger partial charge < -0.3 is 10.8 Å². The van der Waals surface area contributed by atoms with Crippen molar-refractivity contribution in [2.24, 2.45) is 5.73 Å². The highest BCUT2D eigenvalue weighted by Gasteiger charge is 2.07. The van der Waals surface area contributed by atoms with E-state index in [2.05, 4.69) is 0 Å². The lowest BCUT2D eigenvalue weighted by molar-refractivity contribution is 0.431. The standard InChI is InChI=1S/C10H14FNO/c1-7(4-5-12)8-2-3-10(13)9(11)6-8/h2-3,6-7,13H,4-5,12H2,1H3. The van der Waals surface area contributed by atoms with E-state index in [0.29, 0.717) is 6.54 Å². The van der Waals surface area contributed by atoms with Crippen molar-refractivity contribution in [3.05, 3.63) is 29.6 Å². The quantitative estimate of drug-likeness (QED) is 0.752. The van der Waals surface area contributed by atoms with Crippen molar-refractivity contribution in [2.45, 2.75) is 19.3 Å². The minimum absolute atomic E-state index is 0.236. The molecule has 72 valence electrons. The van der Waals surface area contributed by atoms with E-state index in [1.165, 1.54) is 12.1 Å². The van der Waals surface area contributed by atoms with Crippen LogP contribution >= 0.6 is 0 Å². The summed E-state index contributed by atoms with van der Waals surface area (Å²) < 4.78 is 12.9. The topological polar surface area (TPSA) is 46.2 Å². The largest absolute Gasteiger partial charge is 0.505 e. The van der Waals surface area contributed by atoms with Gasteiger partial charge in [0.2, 0.25) is 0 Å². The van der Waals surface area contributed by atoms with Gasteiger partial charge in [-0.25, -0.2) is 4.39 Å². The molecule has 0 aliphatic rings. The van der Waals surface area contributed by atoms with Crippen LogP contribution in [0.1, 0.15) is 24.8 Å². The minimum atomic E-state index is -0.568. The predicted octanol–water partition coefficient (Wildman–Crippen LogP) is 1.98. The number of rotatable bonds is 3. The van der Waals surface area contributed by atoms with E-state index in [4.69, 9.17) is 10.8 Å². The highest BCUT2D eigenvalue weighted by atomic mass is 19.1. The van der Waals surface area contributed by atoms with Crippen molar-refractivity contribution in [2.75, 3.05) is 6.54 Å². The first kappa shape index (κ1) is 9.99. The number of nitrogens with two attached hydrogens (primary N) is 1. The molecule has 1 aromatic rings. The maximum absolute atomic E-state index is 12.9. The van der Waals surface area contributed by atoms with Gasteiger partial charge in [0.25, 0.3) is 0 Å². The van der Waals surface area contributed by atoms with E-state index in [1.807, 2.05) is 6.92 Å². The van der Waals surface area contributed by atoms with Crippen molar-refractivity contribution >= 4 is 0 Å².